The highest BCUT2D eigenvalue weighted by Crippen LogP contribution is 2.32. The predicted molar refractivity (Wildman–Crippen MR) is 154 cm³/mol. The molecule has 36 heavy (non-hydrogen) atoms. The second-order valence-electron chi connectivity index (χ2n) is 8.59. The van der Waals surface area contributed by atoms with Gasteiger partial charge < -0.3 is 14.2 Å². The molecule has 3 aromatic carbocycles. The number of nitrogens with zero attached hydrogens (tertiary/aromatic N) is 3. The number of halogens is 2. The molecule has 0 unspecified atom stereocenters. The molecule has 1 fully saturated rings. The number of carbonyl (C=O) groups is 1. The second kappa shape index (κ2) is 10.1. The van der Waals surface area contributed by atoms with Crippen molar-refractivity contribution < 1.29 is 9.53 Å². The molecule has 5 nitrogen and oxygen atoms in total. The lowest BCUT2D eigenvalue weighted by Gasteiger charge is -2.16. The van der Waals surface area contributed by atoms with E-state index < -0.39 is 0 Å². The highest BCUT2D eigenvalue weighted by atomic mass is 79.9. The maximum Gasteiger partial charge on any atom is 0.281 e. The maximum atomic E-state index is 13.4. The molecular formula is C28H23BrClN3O2S. The summed E-state index contributed by atoms with van der Waals surface area (Å²) in [5, 5.41) is 2.06. The maximum absolute atomic E-state index is 13.4. The number of aryl methyl sites for hydroxylation is 1. The average Bonchev–Trinajstić information content (AvgIpc) is 3.30. The third-order valence-corrected chi connectivity index (χ3v) is 7.34. The minimum Gasteiger partial charge on any atom is -0.492 e. The van der Waals surface area contributed by atoms with Gasteiger partial charge in [-0.15, -0.1) is 0 Å². The van der Waals surface area contributed by atoms with Crippen molar-refractivity contribution in [1.82, 2.24) is 9.47 Å². The van der Waals surface area contributed by atoms with Gasteiger partial charge >= 0.3 is 0 Å². The topological polar surface area (TPSA) is 37.7 Å². The van der Waals surface area contributed by atoms with Gasteiger partial charge in [-0.2, -0.15) is 0 Å². The molecule has 0 N–H and O–H groups in total. The number of fused-ring (bicyclic) bond motifs is 1. The Morgan fingerprint density at radius 2 is 1.78 bits per heavy atom. The van der Waals surface area contributed by atoms with E-state index in [9.17, 15) is 4.79 Å². The molecule has 2 heterocycles. The van der Waals surface area contributed by atoms with Crippen LogP contribution in [0.25, 0.3) is 17.0 Å². The number of benzene rings is 3. The summed E-state index contributed by atoms with van der Waals surface area (Å²) in [4.78, 5) is 16.7. The molecule has 5 rings (SSSR count). The van der Waals surface area contributed by atoms with Gasteiger partial charge in [-0.1, -0.05) is 45.2 Å². The van der Waals surface area contributed by atoms with Crippen LogP contribution in [0.4, 0.5) is 5.69 Å². The lowest BCUT2D eigenvalue weighted by atomic mass is 10.1. The van der Waals surface area contributed by atoms with E-state index in [0.29, 0.717) is 34.7 Å². The Hall–Kier alpha value is -3.13. The van der Waals surface area contributed by atoms with E-state index in [0.717, 1.165) is 26.7 Å². The predicted octanol–water partition coefficient (Wildman–Crippen LogP) is 7.05. The van der Waals surface area contributed by atoms with Crippen molar-refractivity contribution >= 4 is 73.4 Å². The Morgan fingerprint density at radius 1 is 1.06 bits per heavy atom. The monoisotopic (exact) mass is 579 g/mol. The number of carbonyl (C=O) groups excluding carboxylic acids is 1. The van der Waals surface area contributed by atoms with E-state index in [1.165, 1.54) is 10.5 Å². The van der Waals surface area contributed by atoms with E-state index >= 15 is 0 Å². The van der Waals surface area contributed by atoms with Crippen molar-refractivity contribution in [3.8, 4) is 5.75 Å². The van der Waals surface area contributed by atoms with Gasteiger partial charge in [0.1, 0.15) is 18.1 Å². The van der Waals surface area contributed by atoms with Crippen LogP contribution in [-0.4, -0.2) is 34.1 Å². The lowest BCUT2D eigenvalue weighted by molar-refractivity contribution is -0.114. The van der Waals surface area contributed by atoms with Crippen LogP contribution in [0.2, 0.25) is 5.02 Å². The average molecular weight is 581 g/mol. The van der Waals surface area contributed by atoms with Gasteiger partial charge in [0, 0.05) is 39.2 Å². The Labute approximate surface area is 228 Å². The smallest absolute Gasteiger partial charge is 0.281 e. The Kier molecular flexibility index (Phi) is 6.88. The first-order valence-electron chi connectivity index (χ1n) is 11.4. The summed E-state index contributed by atoms with van der Waals surface area (Å²) in [6.07, 6.45) is 3.95. The van der Waals surface area contributed by atoms with Crippen LogP contribution >= 0.6 is 39.7 Å². The quantitative estimate of drug-likeness (QED) is 0.181. The molecule has 1 aromatic heterocycles. The minimum absolute atomic E-state index is 0.177. The number of anilines is 1. The SMILES string of the molecule is Cc1ccc(OCCn2cc(/C=C3/C(=O)N(c4ccc(Cl)cc4)C(=S)N3C)c3cc(Br)ccc32)cc1. The zero-order valence-electron chi connectivity index (χ0n) is 19.7. The molecule has 0 atom stereocenters. The van der Waals surface area contributed by atoms with Gasteiger partial charge in [0.25, 0.3) is 5.91 Å². The zero-order valence-corrected chi connectivity index (χ0v) is 22.9. The molecule has 1 aliphatic heterocycles. The molecule has 1 aliphatic rings. The van der Waals surface area contributed by atoms with E-state index in [-0.39, 0.29) is 5.91 Å². The summed E-state index contributed by atoms with van der Waals surface area (Å²) in [7, 11) is 1.81. The summed E-state index contributed by atoms with van der Waals surface area (Å²) in [6.45, 7) is 3.23. The van der Waals surface area contributed by atoms with Gasteiger partial charge in [0.05, 0.1) is 12.2 Å². The number of aromatic nitrogens is 1. The number of thiocarbonyl (C=S) groups is 1. The first-order valence-corrected chi connectivity index (χ1v) is 13.0. The zero-order chi connectivity index (χ0) is 25.4. The Morgan fingerprint density at radius 3 is 2.50 bits per heavy atom. The first kappa shape index (κ1) is 24.6. The Bertz CT molecular complexity index is 1500. The van der Waals surface area contributed by atoms with Gasteiger partial charge in [0.2, 0.25) is 0 Å². The van der Waals surface area contributed by atoms with Crippen LogP contribution < -0.4 is 9.64 Å². The van der Waals surface area contributed by atoms with Crippen molar-refractivity contribution in [2.75, 3.05) is 18.6 Å². The van der Waals surface area contributed by atoms with E-state index in [4.69, 9.17) is 28.6 Å². The molecule has 182 valence electrons. The van der Waals surface area contributed by atoms with E-state index in [1.807, 2.05) is 43.5 Å². The van der Waals surface area contributed by atoms with Gasteiger partial charge in [-0.25, -0.2) is 0 Å². The molecule has 1 amide bonds. The van der Waals surface area contributed by atoms with Crippen LogP contribution in [0, 0.1) is 6.92 Å². The fraction of sp³-hybridized carbons (Fsp3) is 0.143. The molecule has 0 bridgehead atoms. The highest BCUT2D eigenvalue weighted by Gasteiger charge is 2.37. The molecule has 4 aromatic rings. The van der Waals surface area contributed by atoms with Gasteiger partial charge in [-0.3, -0.25) is 9.69 Å². The number of likely N-dealkylation sites (N-methyl/N-ethyl adjacent to an activating group) is 1. The molecule has 0 saturated carbocycles. The standard InChI is InChI=1S/C28H23BrClN3O2S/c1-18-3-10-23(11-4-18)35-14-13-32-17-19(24-16-20(29)5-12-25(24)32)15-26-27(34)33(28(36)31(26)2)22-8-6-21(30)7-9-22/h3-12,15-17H,13-14H2,1-2H3/b26-15-. The minimum atomic E-state index is -0.177. The fourth-order valence-corrected chi connectivity index (χ4v) is 4.99. The van der Waals surface area contributed by atoms with Crippen molar-refractivity contribution in [3.63, 3.8) is 0 Å². The Balaban J connectivity index is 1.45. The fourth-order valence-electron chi connectivity index (χ4n) is 4.21. The number of rotatable bonds is 6. The van der Waals surface area contributed by atoms with Crippen LogP contribution in [0.5, 0.6) is 5.75 Å². The van der Waals surface area contributed by atoms with Crippen LogP contribution in [-0.2, 0) is 11.3 Å². The third-order valence-electron chi connectivity index (χ3n) is 6.13. The summed E-state index contributed by atoms with van der Waals surface area (Å²) >= 11 is 15.2. The largest absolute Gasteiger partial charge is 0.492 e. The van der Waals surface area contributed by atoms with Gasteiger partial charge in [0.15, 0.2) is 5.11 Å². The molecule has 0 radical (unpaired) electrons. The van der Waals surface area contributed by atoms with Crippen molar-refractivity contribution in [1.29, 1.82) is 0 Å². The summed E-state index contributed by atoms with van der Waals surface area (Å²) < 4.78 is 9.07. The van der Waals surface area contributed by atoms with E-state index in [2.05, 4.69) is 45.8 Å². The highest BCUT2D eigenvalue weighted by molar-refractivity contribution is 9.10. The van der Waals surface area contributed by atoms with Crippen molar-refractivity contribution in [3.05, 3.63) is 99.2 Å². The first-order chi connectivity index (χ1) is 17.3. The van der Waals surface area contributed by atoms with Gasteiger partial charge in [-0.05, 0) is 79.8 Å². The van der Waals surface area contributed by atoms with Crippen LogP contribution in [0.3, 0.4) is 0 Å². The van der Waals surface area contributed by atoms with Crippen molar-refractivity contribution in [2.24, 2.45) is 0 Å². The second-order valence-corrected chi connectivity index (χ2v) is 10.3. The number of hydrogen-bond acceptors (Lipinski definition) is 3. The lowest BCUT2D eigenvalue weighted by Crippen LogP contribution is -2.31. The summed E-state index contributed by atoms with van der Waals surface area (Å²) in [5.41, 5.74) is 4.37. The number of ether oxygens (including phenoxy) is 1. The third kappa shape index (κ3) is 4.78. The van der Waals surface area contributed by atoms with Crippen molar-refractivity contribution in [2.45, 2.75) is 13.5 Å². The summed E-state index contributed by atoms with van der Waals surface area (Å²) in [5.74, 6) is 0.666. The molecular weight excluding hydrogens is 558 g/mol. The van der Waals surface area contributed by atoms with Crippen LogP contribution in [0.15, 0.2) is 83.1 Å². The summed E-state index contributed by atoms with van der Waals surface area (Å²) in [6, 6.07) is 21.3. The number of amides is 1. The van der Waals surface area contributed by atoms with E-state index in [1.54, 1.807) is 29.2 Å². The number of hydrogen-bond donors (Lipinski definition) is 0. The molecule has 1 saturated heterocycles. The normalized spacial score (nSPS) is 14.9. The molecule has 8 heteroatoms. The molecule has 0 aliphatic carbocycles. The van der Waals surface area contributed by atoms with Crippen LogP contribution in [0.1, 0.15) is 11.1 Å². The molecule has 0 spiro atoms.